The largest absolute Gasteiger partial charge is 0.435 e. The van der Waals surface area contributed by atoms with Crippen molar-refractivity contribution in [1.82, 2.24) is 24.6 Å². The van der Waals surface area contributed by atoms with Crippen molar-refractivity contribution in [3.63, 3.8) is 0 Å². The number of halogens is 3. The number of carbonyl (C=O) groups excluding carboxylic acids is 1. The lowest BCUT2D eigenvalue weighted by molar-refractivity contribution is -0.0498. The quantitative estimate of drug-likeness (QED) is 0.259. The van der Waals surface area contributed by atoms with Crippen molar-refractivity contribution in [2.75, 3.05) is 32.0 Å². The molecule has 0 spiro atoms. The van der Waals surface area contributed by atoms with Gasteiger partial charge in [-0.2, -0.15) is 8.78 Å². The minimum absolute atomic E-state index is 0. The highest BCUT2D eigenvalue weighted by Crippen LogP contribution is 2.28. The van der Waals surface area contributed by atoms with Crippen LogP contribution in [-0.2, 0) is 0 Å². The van der Waals surface area contributed by atoms with Crippen molar-refractivity contribution in [3.8, 4) is 17.0 Å². The summed E-state index contributed by atoms with van der Waals surface area (Å²) in [6.45, 7) is 1.93. The molecule has 0 aliphatic carbocycles. The maximum atomic E-state index is 13.1. The van der Waals surface area contributed by atoms with Crippen molar-refractivity contribution in [2.45, 2.75) is 32.8 Å². The molecule has 40 heavy (non-hydrogen) atoms. The van der Waals surface area contributed by atoms with Gasteiger partial charge in [0.05, 0.1) is 11.9 Å². The molecule has 0 unspecified atom stereocenters. The van der Waals surface area contributed by atoms with E-state index in [1.807, 2.05) is 41.5 Å². The molecule has 0 saturated carbocycles. The zero-order chi connectivity index (χ0) is 27.4. The summed E-state index contributed by atoms with van der Waals surface area (Å²) in [5.74, 6) is 1.35. The number of aromatic nitrogens is 3. The lowest BCUT2D eigenvalue weighted by Gasteiger charge is -2.25. The number of benzene rings is 2. The summed E-state index contributed by atoms with van der Waals surface area (Å²) in [6.07, 6.45) is 8.53. The van der Waals surface area contributed by atoms with Crippen LogP contribution in [0, 0.1) is 12.8 Å². The number of nitrogens with one attached hydrogen (secondary N) is 2. The van der Waals surface area contributed by atoms with Gasteiger partial charge in [-0.05, 0) is 93.2 Å². The number of hydrogen-bond acceptors (Lipinski definition) is 6. The molecule has 4 aromatic rings. The first kappa shape index (κ1) is 29.2. The summed E-state index contributed by atoms with van der Waals surface area (Å²) in [6, 6.07) is 12.1. The number of amides is 1. The Balaban J connectivity index is 0.00000370. The third-order valence-corrected chi connectivity index (χ3v) is 7.20. The minimum Gasteiger partial charge on any atom is -0.435 e. The highest BCUT2D eigenvalue weighted by Gasteiger charge is 2.18. The molecule has 1 saturated heterocycles. The van der Waals surface area contributed by atoms with Crippen molar-refractivity contribution >= 4 is 35.5 Å². The molecule has 2 aromatic carbocycles. The van der Waals surface area contributed by atoms with Gasteiger partial charge in [-0.15, -0.1) is 12.4 Å². The highest BCUT2D eigenvalue weighted by molar-refractivity contribution is 5.96. The van der Waals surface area contributed by atoms with E-state index in [2.05, 4.69) is 25.3 Å². The second kappa shape index (κ2) is 13.1. The molecule has 11 heteroatoms. The van der Waals surface area contributed by atoms with E-state index in [1.54, 1.807) is 30.7 Å². The summed E-state index contributed by atoms with van der Waals surface area (Å²) >= 11 is 0. The van der Waals surface area contributed by atoms with Gasteiger partial charge < -0.3 is 20.3 Å². The van der Waals surface area contributed by atoms with E-state index >= 15 is 0 Å². The Hall–Kier alpha value is -3.76. The van der Waals surface area contributed by atoms with Crippen LogP contribution in [0.25, 0.3) is 16.9 Å². The molecule has 1 amide bonds. The van der Waals surface area contributed by atoms with E-state index < -0.39 is 6.61 Å². The van der Waals surface area contributed by atoms with E-state index in [4.69, 9.17) is 0 Å². The van der Waals surface area contributed by atoms with Crippen LogP contribution in [0.3, 0.4) is 0 Å². The van der Waals surface area contributed by atoms with Crippen molar-refractivity contribution in [3.05, 3.63) is 72.2 Å². The summed E-state index contributed by atoms with van der Waals surface area (Å²) < 4.78 is 31.3. The first-order chi connectivity index (χ1) is 18.9. The van der Waals surface area contributed by atoms with E-state index in [0.29, 0.717) is 22.9 Å². The van der Waals surface area contributed by atoms with Gasteiger partial charge in [0.1, 0.15) is 5.75 Å². The topological polar surface area (TPSA) is 83.8 Å². The molecule has 3 heterocycles. The van der Waals surface area contributed by atoms with Crippen LogP contribution in [-0.4, -0.2) is 58.5 Å². The first-order valence-corrected chi connectivity index (χ1v) is 13.1. The van der Waals surface area contributed by atoms with Crippen LogP contribution in [0.2, 0.25) is 0 Å². The van der Waals surface area contributed by atoms with E-state index in [1.165, 1.54) is 25.0 Å². The third kappa shape index (κ3) is 6.68. The maximum absolute atomic E-state index is 13.1. The molecule has 8 nitrogen and oxygen atoms in total. The van der Waals surface area contributed by atoms with Gasteiger partial charge in [-0.25, -0.2) is 9.97 Å². The Morgan fingerprint density at radius 2 is 1.93 bits per heavy atom. The smallest absolute Gasteiger partial charge is 0.387 e. The van der Waals surface area contributed by atoms with Gasteiger partial charge in [0.15, 0.2) is 11.5 Å². The van der Waals surface area contributed by atoms with Crippen LogP contribution in [0.4, 0.5) is 20.3 Å². The number of ether oxygens (including phenoxy) is 1. The summed E-state index contributed by atoms with van der Waals surface area (Å²) in [7, 11) is 1.87. The Kier molecular flexibility index (Phi) is 9.54. The second-order valence-corrected chi connectivity index (χ2v) is 9.88. The summed E-state index contributed by atoms with van der Waals surface area (Å²) in [4.78, 5) is 23.9. The Labute approximate surface area is 238 Å². The lowest BCUT2D eigenvalue weighted by Crippen LogP contribution is -2.32. The van der Waals surface area contributed by atoms with Gasteiger partial charge in [-0.1, -0.05) is 0 Å². The maximum Gasteiger partial charge on any atom is 0.387 e. The predicted octanol–water partition coefficient (Wildman–Crippen LogP) is 5.93. The van der Waals surface area contributed by atoms with Crippen LogP contribution in [0.1, 0.15) is 35.2 Å². The first-order valence-electron chi connectivity index (χ1n) is 13.1. The molecular formula is C29H33ClF2N6O2. The summed E-state index contributed by atoms with van der Waals surface area (Å²) in [5.41, 5.74) is 4.53. The standard InChI is InChI=1S/C29H32F2N6O2.ClH/c1-19-17-22(5-8-24(19)28(38)36(2)15-11-20-9-12-32-13-10-20)35-26-27-34-18-25(37(27)16-14-33-26)21-3-6-23(7-4-21)39-29(30)31;/h3-8,14,16-18,20,29,32H,9-13,15H2,1-2H3,(H,33,35);1H. The van der Waals surface area contributed by atoms with Crippen LogP contribution in [0.5, 0.6) is 5.75 Å². The minimum atomic E-state index is -2.87. The molecular weight excluding hydrogens is 538 g/mol. The lowest BCUT2D eigenvalue weighted by atomic mass is 9.94. The van der Waals surface area contributed by atoms with Gasteiger partial charge in [-0.3, -0.25) is 9.20 Å². The fourth-order valence-electron chi connectivity index (χ4n) is 5.00. The molecule has 0 radical (unpaired) electrons. The van der Waals surface area contributed by atoms with Crippen LogP contribution < -0.4 is 15.4 Å². The number of anilines is 2. The Morgan fingerprint density at radius 1 is 1.18 bits per heavy atom. The zero-order valence-electron chi connectivity index (χ0n) is 22.4. The number of rotatable bonds is 9. The Morgan fingerprint density at radius 3 is 2.62 bits per heavy atom. The molecule has 0 bridgehead atoms. The van der Waals surface area contributed by atoms with Gasteiger partial charge in [0, 0.05) is 42.8 Å². The number of nitrogens with zero attached hydrogens (tertiary/aromatic N) is 4. The Bertz CT molecular complexity index is 1440. The molecule has 5 rings (SSSR count). The van der Waals surface area contributed by atoms with E-state index in [9.17, 15) is 13.6 Å². The van der Waals surface area contributed by atoms with Crippen molar-refractivity contribution in [1.29, 1.82) is 0 Å². The fourth-order valence-corrected chi connectivity index (χ4v) is 5.00. The number of carbonyl (C=O) groups is 1. The van der Waals surface area contributed by atoms with Crippen molar-refractivity contribution in [2.24, 2.45) is 5.92 Å². The molecule has 1 fully saturated rings. The fraction of sp³-hybridized carbons (Fsp3) is 0.345. The molecule has 2 N–H and O–H groups in total. The van der Waals surface area contributed by atoms with Gasteiger partial charge in [0.25, 0.3) is 5.91 Å². The molecule has 0 atom stereocenters. The average molecular weight is 571 g/mol. The van der Waals surface area contributed by atoms with E-state index in [-0.39, 0.29) is 24.1 Å². The SMILES string of the molecule is Cc1cc(Nc2nccn3c(-c4ccc(OC(F)F)cc4)cnc23)ccc1C(=O)N(C)CCC1CCNCC1.Cl. The second-order valence-electron chi connectivity index (χ2n) is 9.88. The number of piperidine rings is 1. The number of imidazole rings is 1. The number of fused-ring (bicyclic) bond motifs is 1. The van der Waals surface area contributed by atoms with Crippen molar-refractivity contribution < 1.29 is 18.3 Å². The monoisotopic (exact) mass is 570 g/mol. The molecule has 1 aliphatic rings. The molecule has 1 aliphatic heterocycles. The third-order valence-electron chi connectivity index (χ3n) is 7.20. The summed E-state index contributed by atoms with van der Waals surface area (Å²) in [5, 5.41) is 6.70. The van der Waals surface area contributed by atoms with Crippen LogP contribution >= 0.6 is 12.4 Å². The molecule has 212 valence electrons. The highest BCUT2D eigenvalue weighted by atomic mass is 35.5. The van der Waals surface area contributed by atoms with E-state index in [0.717, 1.165) is 48.6 Å². The predicted molar refractivity (Wildman–Crippen MR) is 154 cm³/mol. The molecule has 2 aromatic heterocycles. The normalized spacial score (nSPS) is 13.7. The number of alkyl halides is 2. The van der Waals surface area contributed by atoms with Gasteiger partial charge in [0.2, 0.25) is 0 Å². The van der Waals surface area contributed by atoms with Gasteiger partial charge >= 0.3 is 6.61 Å². The number of hydrogen-bond donors (Lipinski definition) is 2. The van der Waals surface area contributed by atoms with Crippen LogP contribution in [0.15, 0.2) is 61.1 Å². The zero-order valence-corrected chi connectivity index (χ0v) is 23.3. The average Bonchev–Trinajstić information content (AvgIpc) is 3.37. The number of aryl methyl sites for hydroxylation is 1.